The van der Waals surface area contributed by atoms with Crippen LogP contribution in [0.1, 0.15) is 49.0 Å². The molecular weight excluding hydrogens is 430 g/mol. The van der Waals surface area contributed by atoms with Crippen molar-refractivity contribution in [3.05, 3.63) is 98.7 Å². The number of carbonyl (C=O) groups is 1. The minimum absolute atomic E-state index is 0.0621. The SMILES string of the molecule is CCCCN(C(=O)Cc1cccs1)C(C)c1nc2ccccc2c(=O)n1Cc1ccccc1. The normalized spacial score (nSPS) is 12.1. The quantitative estimate of drug-likeness (QED) is 0.335. The van der Waals surface area contributed by atoms with Crippen LogP contribution in [0.4, 0.5) is 0 Å². The first kappa shape index (κ1) is 22.9. The van der Waals surface area contributed by atoms with Gasteiger partial charge in [0.15, 0.2) is 0 Å². The molecule has 0 aliphatic heterocycles. The summed E-state index contributed by atoms with van der Waals surface area (Å²) in [6, 6.07) is 21.0. The Bertz CT molecular complexity index is 1270. The summed E-state index contributed by atoms with van der Waals surface area (Å²) >= 11 is 1.59. The second kappa shape index (κ2) is 10.6. The minimum atomic E-state index is -0.329. The van der Waals surface area contributed by atoms with Gasteiger partial charge in [-0.25, -0.2) is 4.98 Å². The zero-order valence-corrected chi connectivity index (χ0v) is 19.9. The van der Waals surface area contributed by atoms with Crippen molar-refractivity contribution in [2.24, 2.45) is 0 Å². The maximum absolute atomic E-state index is 13.5. The summed E-state index contributed by atoms with van der Waals surface area (Å²) in [6.45, 7) is 5.15. The molecule has 2 heterocycles. The van der Waals surface area contributed by atoms with Crippen LogP contribution in [0, 0.1) is 0 Å². The Morgan fingerprint density at radius 3 is 2.55 bits per heavy atom. The Morgan fingerprint density at radius 1 is 1.06 bits per heavy atom. The number of hydrogen-bond donors (Lipinski definition) is 0. The highest BCUT2D eigenvalue weighted by atomic mass is 32.1. The molecule has 33 heavy (non-hydrogen) atoms. The van der Waals surface area contributed by atoms with E-state index in [1.54, 1.807) is 15.9 Å². The van der Waals surface area contributed by atoms with Crippen molar-refractivity contribution >= 4 is 28.1 Å². The van der Waals surface area contributed by atoms with Gasteiger partial charge in [0.05, 0.1) is 29.9 Å². The summed E-state index contributed by atoms with van der Waals surface area (Å²) in [4.78, 5) is 34.8. The van der Waals surface area contributed by atoms with Crippen molar-refractivity contribution < 1.29 is 4.79 Å². The fraction of sp³-hybridized carbons (Fsp3) is 0.296. The molecule has 0 saturated carbocycles. The van der Waals surface area contributed by atoms with Gasteiger partial charge in [-0.15, -0.1) is 11.3 Å². The molecule has 1 amide bonds. The van der Waals surface area contributed by atoms with Crippen molar-refractivity contribution in [2.75, 3.05) is 6.54 Å². The van der Waals surface area contributed by atoms with Gasteiger partial charge in [0.25, 0.3) is 5.56 Å². The van der Waals surface area contributed by atoms with E-state index in [2.05, 4.69) is 6.92 Å². The van der Waals surface area contributed by atoms with E-state index in [0.29, 0.717) is 36.2 Å². The summed E-state index contributed by atoms with van der Waals surface area (Å²) in [7, 11) is 0. The first-order valence-corrected chi connectivity index (χ1v) is 12.3. The third kappa shape index (κ3) is 5.22. The Hall–Kier alpha value is -3.25. The van der Waals surface area contributed by atoms with Crippen LogP contribution < -0.4 is 5.56 Å². The Kier molecular flexibility index (Phi) is 7.35. The third-order valence-corrected chi connectivity index (χ3v) is 6.77. The lowest BCUT2D eigenvalue weighted by atomic mass is 10.1. The number of nitrogens with zero attached hydrogens (tertiary/aromatic N) is 3. The van der Waals surface area contributed by atoms with Gasteiger partial charge in [-0.2, -0.15) is 0 Å². The van der Waals surface area contributed by atoms with Crippen LogP contribution in [0.2, 0.25) is 0 Å². The van der Waals surface area contributed by atoms with Crippen molar-refractivity contribution in [2.45, 2.75) is 45.7 Å². The average molecular weight is 460 g/mol. The molecule has 6 heteroatoms. The molecule has 0 N–H and O–H groups in total. The molecule has 5 nitrogen and oxygen atoms in total. The molecule has 2 aromatic carbocycles. The predicted octanol–water partition coefficient (Wildman–Crippen LogP) is 5.44. The highest BCUT2D eigenvalue weighted by Crippen LogP contribution is 2.23. The van der Waals surface area contributed by atoms with Gasteiger partial charge < -0.3 is 4.90 Å². The summed E-state index contributed by atoms with van der Waals surface area (Å²) in [5.41, 5.74) is 1.61. The van der Waals surface area contributed by atoms with Crippen LogP contribution >= 0.6 is 11.3 Å². The predicted molar refractivity (Wildman–Crippen MR) is 135 cm³/mol. The topological polar surface area (TPSA) is 55.2 Å². The molecule has 2 aromatic heterocycles. The lowest BCUT2D eigenvalue weighted by Gasteiger charge is -2.30. The number of thiophene rings is 1. The number of benzene rings is 2. The van der Waals surface area contributed by atoms with Gasteiger partial charge in [-0.05, 0) is 42.5 Å². The number of carbonyl (C=O) groups excluding carboxylic acids is 1. The van der Waals surface area contributed by atoms with Crippen molar-refractivity contribution in [1.82, 2.24) is 14.5 Å². The lowest BCUT2D eigenvalue weighted by molar-refractivity contribution is -0.132. The van der Waals surface area contributed by atoms with Gasteiger partial charge in [0, 0.05) is 11.4 Å². The maximum Gasteiger partial charge on any atom is 0.261 e. The zero-order chi connectivity index (χ0) is 23.2. The number of unbranched alkanes of at least 4 members (excludes halogenated alkanes) is 1. The second-order valence-electron chi connectivity index (χ2n) is 8.24. The van der Waals surface area contributed by atoms with Crippen LogP contribution in [0.15, 0.2) is 76.9 Å². The first-order chi connectivity index (χ1) is 16.1. The second-order valence-corrected chi connectivity index (χ2v) is 9.27. The van der Waals surface area contributed by atoms with Gasteiger partial charge >= 0.3 is 0 Å². The fourth-order valence-corrected chi connectivity index (χ4v) is 4.78. The molecular formula is C27H29N3O2S. The van der Waals surface area contributed by atoms with E-state index in [0.717, 1.165) is 23.3 Å². The van der Waals surface area contributed by atoms with E-state index in [1.165, 1.54) is 0 Å². The first-order valence-electron chi connectivity index (χ1n) is 11.4. The van der Waals surface area contributed by atoms with Gasteiger partial charge in [0.1, 0.15) is 5.82 Å². The Labute approximate surface area is 198 Å². The maximum atomic E-state index is 13.5. The minimum Gasteiger partial charge on any atom is -0.332 e. The van der Waals surface area contributed by atoms with Crippen molar-refractivity contribution in [1.29, 1.82) is 0 Å². The molecule has 0 aliphatic rings. The van der Waals surface area contributed by atoms with E-state index >= 15 is 0 Å². The molecule has 0 radical (unpaired) electrons. The number of hydrogen-bond acceptors (Lipinski definition) is 4. The van der Waals surface area contributed by atoms with Gasteiger partial charge in [-0.3, -0.25) is 14.2 Å². The summed E-state index contributed by atoms with van der Waals surface area (Å²) in [5, 5.41) is 2.58. The van der Waals surface area contributed by atoms with Gasteiger partial charge in [0.2, 0.25) is 5.91 Å². The fourth-order valence-electron chi connectivity index (χ4n) is 4.09. The number of para-hydroxylation sites is 1. The lowest BCUT2D eigenvalue weighted by Crippen LogP contribution is -2.39. The van der Waals surface area contributed by atoms with Crippen LogP contribution in [-0.2, 0) is 17.8 Å². The summed E-state index contributed by atoms with van der Waals surface area (Å²) in [5.74, 6) is 0.685. The molecule has 170 valence electrons. The zero-order valence-electron chi connectivity index (χ0n) is 19.1. The molecule has 0 aliphatic carbocycles. The van der Waals surface area contributed by atoms with Crippen LogP contribution in [0.3, 0.4) is 0 Å². The van der Waals surface area contributed by atoms with Crippen LogP contribution in [0.5, 0.6) is 0 Å². The van der Waals surface area contributed by atoms with E-state index in [4.69, 9.17) is 4.98 Å². The van der Waals surface area contributed by atoms with E-state index in [-0.39, 0.29) is 17.5 Å². The number of fused-ring (bicyclic) bond motifs is 1. The summed E-state index contributed by atoms with van der Waals surface area (Å²) in [6.07, 6.45) is 2.25. The number of aromatic nitrogens is 2. The number of rotatable bonds is 9. The molecule has 4 aromatic rings. The Morgan fingerprint density at radius 2 is 1.82 bits per heavy atom. The van der Waals surface area contributed by atoms with Crippen LogP contribution in [0.25, 0.3) is 10.9 Å². The molecule has 1 unspecified atom stereocenters. The molecule has 0 saturated heterocycles. The van der Waals surface area contributed by atoms with Crippen molar-refractivity contribution in [3.8, 4) is 0 Å². The molecule has 4 rings (SSSR count). The molecule has 1 atom stereocenters. The van der Waals surface area contributed by atoms with Gasteiger partial charge in [-0.1, -0.05) is 61.9 Å². The number of amides is 1. The van der Waals surface area contributed by atoms with Crippen molar-refractivity contribution in [3.63, 3.8) is 0 Å². The Balaban J connectivity index is 1.78. The average Bonchev–Trinajstić information content (AvgIpc) is 3.34. The standard InChI is InChI=1S/C27H29N3O2S/c1-3-4-16-29(25(31)18-22-13-10-17-33-22)20(2)26-28-24-15-9-8-14-23(24)27(32)30(26)19-21-11-6-5-7-12-21/h5-15,17,20H,3-4,16,18-19H2,1-2H3. The van der Waals surface area contributed by atoms with Crippen LogP contribution in [-0.4, -0.2) is 26.9 Å². The molecule has 0 fully saturated rings. The highest BCUT2D eigenvalue weighted by Gasteiger charge is 2.26. The van der Waals surface area contributed by atoms with E-state index in [1.807, 2.05) is 83.9 Å². The molecule has 0 bridgehead atoms. The third-order valence-electron chi connectivity index (χ3n) is 5.89. The smallest absolute Gasteiger partial charge is 0.261 e. The van der Waals surface area contributed by atoms with E-state index < -0.39 is 0 Å². The molecule has 0 spiro atoms. The largest absolute Gasteiger partial charge is 0.332 e. The van der Waals surface area contributed by atoms with E-state index in [9.17, 15) is 9.59 Å². The highest BCUT2D eigenvalue weighted by molar-refractivity contribution is 7.10. The monoisotopic (exact) mass is 459 g/mol. The summed E-state index contributed by atoms with van der Waals surface area (Å²) < 4.78 is 1.74.